The normalized spacial score (nSPS) is 9.40. The molecule has 0 aromatic heterocycles. The van der Waals surface area contributed by atoms with Crippen molar-refractivity contribution >= 4 is 11.6 Å². The second-order valence-electron chi connectivity index (χ2n) is 3.16. The van der Waals surface area contributed by atoms with Crippen molar-refractivity contribution in [2.24, 2.45) is 0 Å². The maximum atomic E-state index is 5.88. The maximum absolute atomic E-state index is 5.88. The molecule has 0 saturated heterocycles. The highest BCUT2D eigenvalue weighted by atomic mass is 35.5. The molecule has 0 bridgehead atoms. The maximum Gasteiger partial charge on any atom is 0.0480 e. The number of benzene rings is 2. The van der Waals surface area contributed by atoms with Crippen LogP contribution < -0.4 is 0 Å². The van der Waals surface area contributed by atoms with Gasteiger partial charge in [-0.05, 0) is 16.7 Å². The molecule has 0 fully saturated rings. The van der Waals surface area contributed by atoms with Crippen molar-refractivity contribution in [1.29, 1.82) is 0 Å². The van der Waals surface area contributed by atoms with E-state index >= 15 is 0 Å². The first kappa shape index (κ1) is 11.8. The van der Waals surface area contributed by atoms with Crippen LogP contribution in [0.3, 0.4) is 0 Å². The van der Waals surface area contributed by atoms with Gasteiger partial charge in [0.15, 0.2) is 0 Å². The van der Waals surface area contributed by atoms with E-state index in [0.29, 0.717) is 5.88 Å². The number of halogens is 1. The van der Waals surface area contributed by atoms with Gasteiger partial charge >= 0.3 is 0 Å². The molecule has 0 radical (unpaired) electrons. The highest BCUT2D eigenvalue weighted by molar-refractivity contribution is 6.17. The lowest BCUT2D eigenvalue weighted by atomic mass is 10.0. The van der Waals surface area contributed by atoms with Crippen LogP contribution >= 0.6 is 11.6 Å². The molecule has 1 nitrogen and oxygen atoms in total. The van der Waals surface area contributed by atoms with Crippen molar-refractivity contribution in [1.82, 2.24) is 0 Å². The van der Waals surface area contributed by atoms with Crippen LogP contribution in [0.1, 0.15) is 5.56 Å². The van der Waals surface area contributed by atoms with Crippen LogP contribution in [-0.2, 0) is 5.88 Å². The molecule has 78 valence electrons. The van der Waals surface area contributed by atoms with Crippen LogP contribution in [0.2, 0.25) is 0 Å². The van der Waals surface area contributed by atoms with Crippen LogP contribution in [0.15, 0.2) is 54.6 Å². The predicted molar refractivity (Wildman–Crippen MR) is 65.0 cm³/mol. The second kappa shape index (κ2) is 5.54. The number of rotatable bonds is 2. The Morgan fingerprint density at radius 3 is 2.07 bits per heavy atom. The van der Waals surface area contributed by atoms with Crippen molar-refractivity contribution in [3.05, 3.63) is 60.2 Å². The van der Waals surface area contributed by atoms with Crippen molar-refractivity contribution in [3.63, 3.8) is 0 Å². The number of hydrogen-bond acceptors (Lipinski definition) is 0. The standard InChI is InChI=1S/C13H11Cl.H2O/c14-10-12-8-4-5-9-13(12)11-6-2-1-3-7-11;/h1-9H,10H2;1H2. The van der Waals surface area contributed by atoms with E-state index in [4.69, 9.17) is 11.6 Å². The molecule has 2 aromatic carbocycles. The minimum Gasteiger partial charge on any atom is -0.412 e. The monoisotopic (exact) mass is 220 g/mol. The molecular formula is C13H13ClO. The summed E-state index contributed by atoms with van der Waals surface area (Å²) in [5.74, 6) is 0.561. The van der Waals surface area contributed by atoms with E-state index in [-0.39, 0.29) is 5.48 Å². The summed E-state index contributed by atoms with van der Waals surface area (Å²) in [5, 5.41) is 0. The Morgan fingerprint density at radius 2 is 1.40 bits per heavy atom. The lowest BCUT2D eigenvalue weighted by Gasteiger charge is -2.06. The molecule has 2 rings (SSSR count). The van der Waals surface area contributed by atoms with Crippen LogP contribution in [0.5, 0.6) is 0 Å². The second-order valence-corrected chi connectivity index (χ2v) is 3.42. The SMILES string of the molecule is ClCc1ccccc1-c1ccccc1.O. The average molecular weight is 221 g/mol. The Hall–Kier alpha value is -1.31. The Kier molecular flexibility index (Phi) is 4.35. The number of alkyl halides is 1. The van der Waals surface area contributed by atoms with E-state index in [1.54, 1.807) is 0 Å². The summed E-state index contributed by atoms with van der Waals surface area (Å²) in [5.41, 5.74) is 3.63. The van der Waals surface area contributed by atoms with Gasteiger partial charge in [0, 0.05) is 5.88 Å². The minimum atomic E-state index is 0. The van der Waals surface area contributed by atoms with Crippen molar-refractivity contribution in [2.75, 3.05) is 0 Å². The molecule has 0 aliphatic rings. The molecule has 2 aromatic rings. The van der Waals surface area contributed by atoms with Gasteiger partial charge in [0.25, 0.3) is 0 Å². The van der Waals surface area contributed by atoms with Gasteiger partial charge in [-0.3, -0.25) is 0 Å². The van der Waals surface area contributed by atoms with Gasteiger partial charge in [0.05, 0.1) is 0 Å². The van der Waals surface area contributed by atoms with Gasteiger partial charge in [0.2, 0.25) is 0 Å². The van der Waals surface area contributed by atoms with Crippen LogP contribution in [0.4, 0.5) is 0 Å². The molecule has 0 spiro atoms. The summed E-state index contributed by atoms with van der Waals surface area (Å²) >= 11 is 5.88. The molecular weight excluding hydrogens is 208 g/mol. The van der Waals surface area contributed by atoms with E-state index in [2.05, 4.69) is 24.3 Å². The molecule has 0 amide bonds. The average Bonchev–Trinajstić information content (AvgIpc) is 2.30. The first-order valence-electron chi connectivity index (χ1n) is 4.61. The highest BCUT2D eigenvalue weighted by Gasteiger charge is 2.01. The first-order valence-corrected chi connectivity index (χ1v) is 5.14. The fourth-order valence-electron chi connectivity index (χ4n) is 1.54. The van der Waals surface area contributed by atoms with E-state index in [1.807, 2.05) is 30.3 Å². The van der Waals surface area contributed by atoms with Gasteiger partial charge in [0.1, 0.15) is 0 Å². The Balaban J connectivity index is 0.00000112. The Labute approximate surface area is 94.6 Å². The lowest BCUT2D eigenvalue weighted by molar-refractivity contribution is 0.824. The first-order chi connectivity index (χ1) is 6.92. The molecule has 0 unspecified atom stereocenters. The zero-order chi connectivity index (χ0) is 9.80. The molecule has 0 aliphatic carbocycles. The largest absolute Gasteiger partial charge is 0.412 e. The zero-order valence-electron chi connectivity index (χ0n) is 8.28. The summed E-state index contributed by atoms with van der Waals surface area (Å²) in [4.78, 5) is 0. The third-order valence-electron chi connectivity index (χ3n) is 2.25. The smallest absolute Gasteiger partial charge is 0.0480 e. The topological polar surface area (TPSA) is 31.5 Å². The summed E-state index contributed by atoms with van der Waals surface area (Å²) in [6, 6.07) is 18.5. The molecule has 0 atom stereocenters. The van der Waals surface area contributed by atoms with E-state index in [1.165, 1.54) is 16.7 Å². The van der Waals surface area contributed by atoms with Crippen molar-refractivity contribution < 1.29 is 5.48 Å². The highest BCUT2D eigenvalue weighted by Crippen LogP contribution is 2.24. The fourth-order valence-corrected chi connectivity index (χ4v) is 1.77. The third kappa shape index (κ3) is 2.58. The fraction of sp³-hybridized carbons (Fsp3) is 0.0769. The zero-order valence-corrected chi connectivity index (χ0v) is 9.04. The van der Waals surface area contributed by atoms with Gasteiger partial charge in [-0.2, -0.15) is 0 Å². The molecule has 2 N–H and O–H groups in total. The Morgan fingerprint density at radius 1 is 0.800 bits per heavy atom. The molecule has 0 saturated carbocycles. The van der Waals surface area contributed by atoms with Crippen LogP contribution in [-0.4, -0.2) is 5.48 Å². The van der Waals surface area contributed by atoms with Gasteiger partial charge in [-0.25, -0.2) is 0 Å². The minimum absolute atomic E-state index is 0. The van der Waals surface area contributed by atoms with Crippen LogP contribution in [0.25, 0.3) is 11.1 Å². The molecule has 15 heavy (non-hydrogen) atoms. The lowest BCUT2D eigenvalue weighted by Crippen LogP contribution is -1.84. The van der Waals surface area contributed by atoms with E-state index < -0.39 is 0 Å². The summed E-state index contributed by atoms with van der Waals surface area (Å²) < 4.78 is 0. The van der Waals surface area contributed by atoms with Crippen molar-refractivity contribution in [3.8, 4) is 11.1 Å². The van der Waals surface area contributed by atoms with E-state index in [0.717, 1.165) is 0 Å². The molecule has 0 heterocycles. The van der Waals surface area contributed by atoms with E-state index in [9.17, 15) is 0 Å². The molecule has 0 aliphatic heterocycles. The van der Waals surface area contributed by atoms with Crippen LogP contribution in [0, 0.1) is 0 Å². The van der Waals surface area contributed by atoms with Gasteiger partial charge in [-0.1, -0.05) is 54.6 Å². The predicted octanol–water partition coefficient (Wildman–Crippen LogP) is 3.27. The van der Waals surface area contributed by atoms with Gasteiger partial charge in [-0.15, -0.1) is 11.6 Å². The summed E-state index contributed by atoms with van der Waals surface area (Å²) in [7, 11) is 0. The molecule has 2 heteroatoms. The summed E-state index contributed by atoms with van der Waals surface area (Å²) in [6.07, 6.45) is 0. The van der Waals surface area contributed by atoms with Crippen molar-refractivity contribution in [2.45, 2.75) is 5.88 Å². The van der Waals surface area contributed by atoms with Gasteiger partial charge < -0.3 is 5.48 Å². The summed E-state index contributed by atoms with van der Waals surface area (Å²) in [6.45, 7) is 0. The Bertz CT molecular complexity index is 412. The quantitative estimate of drug-likeness (QED) is 0.696. The third-order valence-corrected chi connectivity index (χ3v) is 2.53. The number of hydrogen-bond donors (Lipinski definition) is 0.